The summed E-state index contributed by atoms with van der Waals surface area (Å²) < 4.78 is 13.4. The van der Waals surface area contributed by atoms with Crippen LogP contribution in [0.2, 0.25) is 10.0 Å². The maximum atomic E-state index is 13.4. The minimum Gasteiger partial charge on any atom is -0.324 e. The Morgan fingerprint density at radius 2 is 1.95 bits per heavy atom. The van der Waals surface area contributed by atoms with Gasteiger partial charge in [-0.3, -0.25) is 0 Å². The quantitative estimate of drug-likeness (QED) is 0.874. The lowest BCUT2D eigenvalue weighted by atomic mass is 9.98. The summed E-state index contributed by atoms with van der Waals surface area (Å²) in [4.78, 5) is 0. The molecule has 0 aromatic heterocycles. The minimum atomic E-state index is -0.418. The van der Waals surface area contributed by atoms with Gasteiger partial charge in [0.15, 0.2) is 0 Å². The molecule has 0 saturated carbocycles. The molecule has 0 amide bonds. The minimum absolute atomic E-state index is 0.142. The molecule has 2 aromatic carbocycles. The van der Waals surface area contributed by atoms with Crippen LogP contribution in [0.5, 0.6) is 0 Å². The van der Waals surface area contributed by atoms with E-state index in [4.69, 9.17) is 28.9 Å². The predicted octanol–water partition coefficient (Wildman–Crippen LogP) is 4.68. The van der Waals surface area contributed by atoms with E-state index in [2.05, 4.69) is 0 Å². The molecule has 1 atom stereocenters. The Hall–Kier alpha value is -1.09. The molecule has 0 aliphatic heterocycles. The zero-order chi connectivity index (χ0) is 14.0. The fourth-order valence-electron chi connectivity index (χ4n) is 1.96. The zero-order valence-electron chi connectivity index (χ0n) is 10.5. The van der Waals surface area contributed by atoms with Crippen LogP contribution < -0.4 is 5.73 Å². The molecule has 1 unspecified atom stereocenters. The highest BCUT2D eigenvalue weighted by Gasteiger charge is 2.12. The van der Waals surface area contributed by atoms with Crippen LogP contribution in [0.4, 0.5) is 4.39 Å². The van der Waals surface area contributed by atoms with Crippen LogP contribution in [-0.4, -0.2) is 0 Å². The second kappa shape index (κ2) is 5.91. The molecule has 4 heteroatoms. The van der Waals surface area contributed by atoms with Crippen molar-refractivity contribution < 1.29 is 4.39 Å². The van der Waals surface area contributed by atoms with Gasteiger partial charge in [0.25, 0.3) is 0 Å². The molecule has 100 valence electrons. The Balaban J connectivity index is 2.23. The molecule has 0 aliphatic rings. The SMILES string of the molecule is Cc1cc(C(N)Cc2cccc(F)c2Cl)ccc1Cl. The van der Waals surface area contributed by atoms with E-state index in [1.54, 1.807) is 12.1 Å². The number of benzene rings is 2. The van der Waals surface area contributed by atoms with Gasteiger partial charge in [-0.2, -0.15) is 0 Å². The van der Waals surface area contributed by atoms with Crippen LogP contribution in [0, 0.1) is 12.7 Å². The summed E-state index contributed by atoms with van der Waals surface area (Å²) in [5.74, 6) is -0.418. The highest BCUT2D eigenvalue weighted by atomic mass is 35.5. The Morgan fingerprint density at radius 3 is 2.63 bits per heavy atom. The third-order valence-electron chi connectivity index (χ3n) is 3.08. The van der Waals surface area contributed by atoms with Crippen LogP contribution in [0.25, 0.3) is 0 Å². The van der Waals surface area contributed by atoms with Crippen molar-refractivity contribution in [3.05, 3.63) is 69.0 Å². The van der Waals surface area contributed by atoms with Gasteiger partial charge in [-0.15, -0.1) is 0 Å². The largest absolute Gasteiger partial charge is 0.324 e. The molecular weight excluding hydrogens is 284 g/mol. The molecule has 0 spiro atoms. The van der Waals surface area contributed by atoms with E-state index in [9.17, 15) is 4.39 Å². The molecular formula is C15H14Cl2FN. The molecule has 2 aromatic rings. The first kappa shape index (κ1) is 14.3. The van der Waals surface area contributed by atoms with Crippen molar-refractivity contribution in [1.82, 2.24) is 0 Å². The van der Waals surface area contributed by atoms with Gasteiger partial charge >= 0.3 is 0 Å². The molecule has 1 nitrogen and oxygen atoms in total. The van der Waals surface area contributed by atoms with Crippen LogP contribution in [0.1, 0.15) is 22.7 Å². The monoisotopic (exact) mass is 297 g/mol. The lowest BCUT2D eigenvalue weighted by molar-refractivity contribution is 0.622. The fraction of sp³-hybridized carbons (Fsp3) is 0.200. The van der Waals surface area contributed by atoms with E-state index < -0.39 is 5.82 Å². The summed E-state index contributed by atoms with van der Waals surface area (Å²) in [6.07, 6.45) is 0.484. The van der Waals surface area contributed by atoms with Crippen molar-refractivity contribution in [1.29, 1.82) is 0 Å². The van der Waals surface area contributed by atoms with Gasteiger partial charge in [-0.05, 0) is 42.2 Å². The third kappa shape index (κ3) is 3.27. The Labute approximate surface area is 122 Å². The fourth-order valence-corrected chi connectivity index (χ4v) is 2.28. The summed E-state index contributed by atoms with van der Waals surface area (Å²) in [5, 5.41) is 0.850. The van der Waals surface area contributed by atoms with Gasteiger partial charge in [0.2, 0.25) is 0 Å². The lowest BCUT2D eigenvalue weighted by Crippen LogP contribution is -2.14. The summed E-state index contributed by atoms with van der Waals surface area (Å²) in [6, 6.07) is 10.2. The topological polar surface area (TPSA) is 26.0 Å². The van der Waals surface area contributed by atoms with Crippen molar-refractivity contribution in [2.45, 2.75) is 19.4 Å². The Kier molecular flexibility index (Phi) is 4.46. The van der Waals surface area contributed by atoms with Gasteiger partial charge in [-0.25, -0.2) is 4.39 Å². The third-order valence-corrected chi connectivity index (χ3v) is 3.93. The van der Waals surface area contributed by atoms with E-state index in [-0.39, 0.29) is 11.1 Å². The molecule has 0 radical (unpaired) electrons. The molecule has 0 bridgehead atoms. The number of hydrogen-bond donors (Lipinski definition) is 1. The normalized spacial score (nSPS) is 12.5. The molecule has 0 fully saturated rings. The Bertz CT molecular complexity index is 599. The van der Waals surface area contributed by atoms with E-state index in [0.717, 1.165) is 11.1 Å². The number of nitrogens with two attached hydrogens (primary N) is 1. The maximum absolute atomic E-state index is 13.4. The molecule has 0 saturated heterocycles. The van der Waals surface area contributed by atoms with E-state index >= 15 is 0 Å². The summed E-state index contributed by atoms with van der Waals surface area (Å²) >= 11 is 11.9. The zero-order valence-corrected chi connectivity index (χ0v) is 12.0. The highest BCUT2D eigenvalue weighted by molar-refractivity contribution is 6.31. The molecule has 0 aliphatic carbocycles. The molecule has 19 heavy (non-hydrogen) atoms. The number of aryl methyl sites for hydroxylation is 1. The van der Waals surface area contributed by atoms with E-state index in [1.807, 2.05) is 25.1 Å². The first-order chi connectivity index (χ1) is 8.99. The number of hydrogen-bond acceptors (Lipinski definition) is 1. The van der Waals surface area contributed by atoms with Gasteiger partial charge in [0.1, 0.15) is 5.82 Å². The highest BCUT2D eigenvalue weighted by Crippen LogP contribution is 2.26. The molecule has 2 N–H and O–H groups in total. The Morgan fingerprint density at radius 1 is 1.21 bits per heavy atom. The predicted molar refractivity (Wildman–Crippen MR) is 78.2 cm³/mol. The van der Waals surface area contributed by atoms with E-state index in [0.29, 0.717) is 17.0 Å². The van der Waals surface area contributed by atoms with Gasteiger partial charge in [-0.1, -0.05) is 47.5 Å². The summed E-state index contributed by atoms with van der Waals surface area (Å²) in [7, 11) is 0. The van der Waals surface area contributed by atoms with Crippen LogP contribution >= 0.6 is 23.2 Å². The van der Waals surface area contributed by atoms with Crippen LogP contribution in [-0.2, 0) is 6.42 Å². The lowest BCUT2D eigenvalue weighted by Gasteiger charge is -2.14. The first-order valence-electron chi connectivity index (χ1n) is 5.93. The van der Waals surface area contributed by atoms with Gasteiger partial charge in [0.05, 0.1) is 5.02 Å². The van der Waals surface area contributed by atoms with Crippen molar-refractivity contribution in [2.24, 2.45) is 5.73 Å². The van der Waals surface area contributed by atoms with Crippen molar-refractivity contribution in [2.75, 3.05) is 0 Å². The van der Waals surface area contributed by atoms with Crippen molar-refractivity contribution in [3.8, 4) is 0 Å². The van der Waals surface area contributed by atoms with E-state index in [1.165, 1.54) is 6.07 Å². The number of halogens is 3. The molecule has 0 heterocycles. The standard InChI is InChI=1S/C15H14Cl2FN/c1-9-7-10(5-6-12(9)16)14(19)8-11-3-2-4-13(18)15(11)17/h2-7,14H,8,19H2,1H3. The van der Waals surface area contributed by atoms with Crippen molar-refractivity contribution >= 4 is 23.2 Å². The first-order valence-corrected chi connectivity index (χ1v) is 6.69. The maximum Gasteiger partial charge on any atom is 0.142 e. The second-order valence-electron chi connectivity index (χ2n) is 4.53. The smallest absolute Gasteiger partial charge is 0.142 e. The number of rotatable bonds is 3. The van der Waals surface area contributed by atoms with Gasteiger partial charge < -0.3 is 5.73 Å². The molecule has 2 rings (SSSR count). The van der Waals surface area contributed by atoms with Crippen molar-refractivity contribution in [3.63, 3.8) is 0 Å². The van der Waals surface area contributed by atoms with Crippen LogP contribution in [0.15, 0.2) is 36.4 Å². The van der Waals surface area contributed by atoms with Crippen LogP contribution in [0.3, 0.4) is 0 Å². The average molecular weight is 298 g/mol. The average Bonchev–Trinajstić information content (AvgIpc) is 2.38. The second-order valence-corrected chi connectivity index (χ2v) is 5.32. The summed E-state index contributed by atoms with van der Waals surface area (Å²) in [5.41, 5.74) is 8.78. The van der Waals surface area contributed by atoms with Gasteiger partial charge in [0, 0.05) is 11.1 Å². The summed E-state index contributed by atoms with van der Waals surface area (Å²) in [6.45, 7) is 1.92.